The van der Waals surface area contributed by atoms with Gasteiger partial charge >= 0.3 is 6.09 Å². The number of fused-ring (bicyclic) bond motifs is 1. The third-order valence-electron chi connectivity index (χ3n) is 6.96. The first-order valence-electron chi connectivity index (χ1n) is 12.7. The SMILES string of the molecule is C=CC(=O)N1CCN(CCCn2c(=O)c(-c3c(Cl)c(OC)cc(OC)c3Cl)cc3cnc(N(C)C(=O)O)nc32)CC1. The molecule has 1 aliphatic rings. The van der Waals surface area contributed by atoms with E-state index in [2.05, 4.69) is 21.4 Å². The number of pyridine rings is 1. The minimum Gasteiger partial charge on any atom is -0.495 e. The van der Waals surface area contributed by atoms with Crippen LogP contribution in [-0.2, 0) is 11.3 Å². The molecule has 1 N–H and O–H groups in total. The molecule has 41 heavy (non-hydrogen) atoms. The molecule has 2 aromatic heterocycles. The molecule has 1 fully saturated rings. The minimum atomic E-state index is -1.24. The molecule has 3 aromatic rings. The van der Waals surface area contributed by atoms with E-state index in [9.17, 15) is 19.5 Å². The third-order valence-corrected chi connectivity index (χ3v) is 7.71. The van der Waals surface area contributed by atoms with Crippen molar-refractivity contribution in [2.45, 2.75) is 13.0 Å². The molecule has 218 valence electrons. The number of aromatic nitrogens is 3. The van der Waals surface area contributed by atoms with Crippen LogP contribution in [0.4, 0.5) is 10.7 Å². The summed E-state index contributed by atoms with van der Waals surface area (Å²) in [6, 6.07) is 3.10. The Hall–Kier alpha value is -3.87. The Morgan fingerprint density at radius 2 is 1.73 bits per heavy atom. The lowest BCUT2D eigenvalue weighted by molar-refractivity contribution is -0.127. The van der Waals surface area contributed by atoms with Crippen molar-refractivity contribution < 1.29 is 24.2 Å². The Kier molecular flexibility index (Phi) is 9.36. The summed E-state index contributed by atoms with van der Waals surface area (Å²) in [5.41, 5.74) is 0.255. The van der Waals surface area contributed by atoms with Crippen molar-refractivity contribution >= 4 is 52.2 Å². The first kappa shape index (κ1) is 30.1. The highest BCUT2D eigenvalue weighted by molar-refractivity contribution is 6.41. The number of hydrogen-bond donors (Lipinski definition) is 1. The highest BCUT2D eigenvalue weighted by Crippen LogP contribution is 2.45. The van der Waals surface area contributed by atoms with E-state index in [0.29, 0.717) is 44.5 Å². The highest BCUT2D eigenvalue weighted by Gasteiger charge is 2.24. The maximum Gasteiger partial charge on any atom is 0.413 e. The van der Waals surface area contributed by atoms with E-state index >= 15 is 0 Å². The molecule has 0 bridgehead atoms. The summed E-state index contributed by atoms with van der Waals surface area (Å²) in [5.74, 6) is 0.385. The molecule has 14 heteroatoms. The number of anilines is 1. The Labute approximate surface area is 246 Å². The van der Waals surface area contributed by atoms with Crippen LogP contribution in [0.15, 0.2) is 35.8 Å². The van der Waals surface area contributed by atoms with Crippen molar-refractivity contribution in [3.8, 4) is 22.6 Å². The fraction of sp³-hybridized carbons (Fsp3) is 0.370. The molecule has 1 aliphatic heterocycles. The predicted octanol–water partition coefficient (Wildman–Crippen LogP) is 3.62. The van der Waals surface area contributed by atoms with Gasteiger partial charge in [-0.2, -0.15) is 4.98 Å². The van der Waals surface area contributed by atoms with Gasteiger partial charge in [0.1, 0.15) is 17.1 Å². The summed E-state index contributed by atoms with van der Waals surface area (Å²) in [6.07, 6.45) is 2.09. The van der Waals surface area contributed by atoms with E-state index in [0.717, 1.165) is 4.90 Å². The number of carbonyl (C=O) groups excluding carboxylic acids is 1. The maximum atomic E-state index is 14.0. The van der Waals surface area contributed by atoms with Crippen molar-refractivity contribution in [1.82, 2.24) is 24.3 Å². The molecule has 0 aliphatic carbocycles. The number of halogens is 2. The smallest absolute Gasteiger partial charge is 0.413 e. The number of benzene rings is 1. The van der Waals surface area contributed by atoms with Gasteiger partial charge in [-0.15, -0.1) is 0 Å². The quantitative estimate of drug-likeness (QED) is 0.364. The number of methoxy groups -OCH3 is 2. The van der Waals surface area contributed by atoms with Gasteiger partial charge < -0.3 is 19.5 Å². The van der Waals surface area contributed by atoms with Crippen molar-refractivity contribution in [1.29, 1.82) is 0 Å². The van der Waals surface area contributed by atoms with Crippen LogP contribution < -0.4 is 19.9 Å². The van der Waals surface area contributed by atoms with Gasteiger partial charge in [0.05, 0.1) is 29.8 Å². The van der Waals surface area contributed by atoms with Crippen LogP contribution in [0.3, 0.4) is 0 Å². The summed E-state index contributed by atoms with van der Waals surface area (Å²) >= 11 is 13.3. The van der Waals surface area contributed by atoms with E-state index in [-0.39, 0.29) is 56.7 Å². The van der Waals surface area contributed by atoms with Crippen molar-refractivity contribution in [3.05, 3.63) is 51.4 Å². The summed E-state index contributed by atoms with van der Waals surface area (Å²) in [7, 11) is 4.20. The van der Waals surface area contributed by atoms with Crippen LogP contribution in [0, 0.1) is 0 Å². The lowest BCUT2D eigenvalue weighted by atomic mass is 10.0. The molecule has 3 heterocycles. The van der Waals surface area contributed by atoms with Crippen LogP contribution >= 0.6 is 23.2 Å². The zero-order valence-corrected chi connectivity index (χ0v) is 24.4. The second-order valence-corrected chi connectivity index (χ2v) is 10.1. The molecule has 0 saturated carbocycles. The zero-order chi connectivity index (χ0) is 29.8. The number of rotatable bonds is 9. The van der Waals surface area contributed by atoms with Crippen LogP contribution in [0.5, 0.6) is 11.5 Å². The Morgan fingerprint density at radius 3 is 2.29 bits per heavy atom. The predicted molar refractivity (Wildman–Crippen MR) is 157 cm³/mol. The lowest BCUT2D eigenvalue weighted by Gasteiger charge is -2.34. The number of amides is 2. The Morgan fingerprint density at radius 1 is 1.10 bits per heavy atom. The summed E-state index contributed by atoms with van der Waals surface area (Å²) in [4.78, 5) is 50.9. The molecule has 0 atom stereocenters. The van der Waals surface area contributed by atoms with Gasteiger partial charge in [0.15, 0.2) is 0 Å². The number of ether oxygens (including phenoxy) is 2. The van der Waals surface area contributed by atoms with Gasteiger partial charge in [-0.3, -0.25) is 19.1 Å². The van der Waals surface area contributed by atoms with Gasteiger partial charge in [0.25, 0.3) is 5.56 Å². The van der Waals surface area contributed by atoms with Crippen molar-refractivity contribution in [3.63, 3.8) is 0 Å². The van der Waals surface area contributed by atoms with Gasteiger partial charge in [-0.1, -0.05) is 29.8 Å². The molecular weight excluding hydrogens is 575 g/mol. The average molecular weight is 605 g/mol. The number of aryl methyl sites for hydroxylation is 1. The minimum absolute atomic E-state index is 0.0759. The van der Waals surface area contributed by atoms with E-state index in [4.69, 9.17) is 32.7 Å². The number of carbonyl (C=O) groups is 2. The molecule has 4 rings (SSSR count). The zero-order valence-electron chi connectivity index (χ0n) is 22.9. The molecule has 0 unspecified atom stereocenters. The normalized spacial score (nSPS) is 13.7. The summed E-state index contributed by atoms with van der Waals surface area (Å²) < 4.78 is 12.2. The monoisotopic (exact) mass is 604 g/mol. The van der Waals surface area contributed by atoms with Gasteiger partial charge in [-0.05, 0) is 25.1 Å². The first-order chi connectivity index (χ1) is 19.6. The number of hydrogen-bond acceptors (Lipinski definition) is 8. The highest BCUT2D eigenvalue weighted by atomic mass is 35.5. The average Bonchev–Trinajstić information content (AvgIpc) is 2.98. The standard InChI is InChI=1S/C27H30Cl2N6O6/c1-5-20(36)34-11-9-33(10-12-34)7-6-8-35-24-16(15-30-26(31-24)32(2)27(38)39)13-17(25(35)37)21-22(28)18(40-3)14-19(41-4)23(21)29/h5,13-15H,1,6-12H2,2-4H3,(H,38,39). The fourth-order valence-corrected chi connectivity index (χ4v) is 5.38. The van der Waals surface area contributed by atoms with Gasteiger partial charge in [0, 0.05) is 63.0 Å². The fourth-order valence-electron chi connectivity index (χ4n) is 4.68. The summed E-state index contributed by atoms with van der Waals surface area (Å²) in [6.45, 7) is 7.04. The second kappa shape index (κ2) is 12.8. The first-order valence-corrected chi connectivity index (χ1v) is 13.5. The summed E-state index contributed by atoms with van der Waals surface area (Å²) in [5, 5.41) is 10.2. The molecule has 12 nitrogen and oxygen atoms in total. The second-order valence-electron chi connectivity index (χ2n) is 9.31. The molecular formula is C27H30Cl2N6O6. The van der Waals surface area contributed by atoms with E-state index in [1.54, 1.807) is 11.0 Å². The van der Waals surface area contributed by atoms with Crippen LogP contribution in [-0.4, -0.2) is 95.4 Å². The van der Waals surface area contributed by atoms with E-state index < -0.39 is 11.7 Å². The Bertz CT molecular complexity index is 1530. The van der Waals surface area contributed by atoms with Gasteiger partial charge in [0.2, 0.25) is 11.9 Å². The van der Waals surface area contributed by atoms with Gasteiger partial charge in [-0.25, -0.2) is 14.7 Å². The van der Waals surface area contributed by atoms with E-state index in [1.165, 1.54) is 44.2 Å². The Balaban J connectivity index is 1.76. The van der Waals surface area contributed by atoms with Crippen molar-refractivity contribution in [2.24, 2.45) is 0 Å². The number of piperazine rings is 1. The van der Waals surface area contributed by atoms with E-state index in [1.807, 2.05) is 0 Å². The lowest BCUT2D eigenvalue weighted by Crippen LogP contribution is -2.48. The molecule has 0 radical (unpaired) electrons. The van der Waals surface area contributed by atoms with Crippen LogP contribution in [0.1, 0.15) is 6.42 Å². The van der Waals surface area contributed by atoms with Crippen LogP contribution in [0.2, 0.25) is 10.0 Å². The number of nitrogens with zero attached hydrogens (tertiary/aromatic N) is 6. The topological polar surface area (TPSA) is 130 Å². The largest absolute Gasteiger partial charge is 0.495 e. The maximum absolute atomic E-state index is 14.0. The number of carboxylic acid groups (broad SMARTS) is 1. The molecule has 2 amide bonds. The molecule has 1 aromatic carbocycles. The molecule has 0 spiro atoms. The third kappa shape index (κ3) is 6.09. The van der Waals surface area contributed by atoms with Crippen LogP contribution in [0.25, 0.3) is 22.2 Å². The van der Waals surface area contributed by atoms with Crippen molar-refractivity contribution in [2.75, 3.05) is 58.9 Å². The molecule has 1 saturated heterocycles.